The van der Waals surface area contributed by atoms with Gasteiger partial charge in [0.25, 0.3) is 5.91 Å². The molecule has 0 saturated heterocycles. The number of hydrogen-bond acceptors (Lipinski definition) is 3. The monoisotopic (exact) mass is 396 g/mol. The van der Waals surface area contributed by atoms with E-state index in [1.54, 1.807) is 13.2 Å². The number of aromatic amines is 1. The number of nitrogens with zero attached hydrogens (tertiary/aromatic N) is 1. The molecule has 0 radical (unpaired) electrons. The summed E-state index contributed by atoms with van der Waals surface area (Å²) >= 11 is 6.15. The summed E-state index contributed by atoms with van der Waals surface area (Å²) in [6.45, 7) is 1.25. The van der Waals surface area contributed by atoms with Crippen LogP contribution >= 0.6 is 11.6 Å². The first kappa shape index (κ1) is 18.4. The van der Waals surface area contributed by atoms with E-state index in [0.29, 0.717) is 24.6 Å². The Hall–Kier alpha value is -2.92. The molecule has 1 aliphatic heterocycles. The number of fused-ring (bicyclic) bond motifs is 1. The summed E-state index contributed by atoms with van der Waals surface area (Å²) in [5.74, 6) is 1.30. The standard InChI is InChI=1S/C22H21ClN2O3/c1-27-17-3-2-4-18(12-17)28-14-22(26)25-9-7-15(8-10-25)20-13-24-21-6-5-16(23)11-19(20)21/h2-7,11-13,24H,8-10,14H2,1H3. The third-order valence-corrected chi connectivity index (χ3v) is 5.19. The molecule has 0 atom stereocenters. The summed E-state index contributed by atoms with van der Waals surface area (Å²) in [6, 6.07) is 13.1. The van der Waals surface area contributed by atoms with Crippen molar-refractivity contribution in [3.63, 3.8) is 0 Å². The topological polar surface area (TPSA) is 54.6 Å². The number of rotatable bonds is 5. The zero-order valence-electron chi connectivity index (χ0n) is 15.6. The van der Waals surface area contributed by atoms with Crippen molar-refractivity contribution in [2.24, 2.45) is 0 Å². The van der Waals surface area contributed by atoms with E-state index in [4.69, 9.17) is 21.1 Å². The van der Waals surface area contributed by atoms with Crippen molar-refractivity contribution in [1.82, 2.24) is 9.88 Å². The number of halogens is 1. The van der Waals surface area contributed by atoms with E-state index < -0.39 is 0 Å². The minimum atomic E-state index is -0.0277. The number of hydrogen-bond donors (Lipinski definition) is 1. The number of carbonyl (C=O) groups is 1. The average Bonchev–Trinajstić information content (AvgIpc) is 3.15. The number of ether oxygens (including phenoxy) is 2. The molecule has 3 aromatic rings. The van der Waals surface area contributed by atoms with Gasteiger partial charge in [-0.15, -0.1) is 0 Å². The third-order valence-electron chi connectivity index (χ3n) is 4.96. The normalized spacial score (nSPS) is 14.1. The van der Waals surface area contributed by atoms with Gasteiger partial charge < -0.3 is 19.4 Å². The highest BCUT2D eigenvalue weighted by Crippen LogP contribution is 2.31. The van der Waals surface area contributed by atoms with Crippen molar-refractivity contribution >= 4 is 34.0 Å². The van der Waals surface area contributed by atoms with Gasteiger partial charge in [-0.25, -0.2) is 0 Å². The molecule has 5 nitrogen and oxygen atoms in total. The largest absolute Gasteiger partial charge is 0.497 e. The summed E-state index contributed by atoms with van der Waals surface area (Å²) < 4.78 is 10.8. The highest BCUT2D eigenvalue weighted by Gasteiger charge is 2.20. The predicted molar refractivity (Wildman–Crippen MR) is 111 cm³/mol. The molecule has 4 rings (SSSR count). The number of nitrogens with one attached hydrogen (secondary N) is 1. The molecule has 144 valence electrons. The van der Waals surface area contributed by atoms with Gasteiger partial charge in [-0.1, -0.05) is 23.7 Å². The minimum Gasteiger partial charge on any atom is -0.497 e. The Balaban J connectivity index is 1.40. The van der Waals surface area contributed by atoms with Gasteiger partial charge in [0.1, 0.15) is 11.5 Å². The van der Waals surface area contributed by atoms with Crippen LogP contribution in [-0.4, -0.2) is 42.6 Å². The summed E-state index contributed by atoms with van der Waals surface area (Å²) in [4.78, 5) is 17.6. The number of aromatic nitrogens is 1. The SMILES string of the molecule is COc1cccc(OCC(=O)N2CC=C(c3c[nH]c4ccc(Cl)cc34)CC2)c1. The van der Waals surface area contributed by atoms with Gasteiger partial charge >= 0.3 is 0 Å². The van der Waals surface area contributed by atoms with E-state index in [1.807, 2.05) is 47.5 Å². The Labute approximate surface area is 168 Å². The number of amides is 1. The fourth-order valence-corrected chi connectivity index (χ4v) is 3.60. The quantitative estimate of drug-likeness (QED) is 0.689. The lowest BCUT2D eigenvalue weighted by molar-refractivity contribution is -0.132. The maximum Gasteiger partial charge on any atom is 0.260 e. The molecule has 2 aromatic carbocycles. The molecule has 6 heteroatoms. The smallest absolute Gasteiger partial charge is 0.260 e. The van der Waals surface area contributed by atoms with Crippen molar-refractivity contribution in [1.29, 1.82) is 0 Å². The van der Waals surface area contributed by atoms with Gasteiger partial charge in [-0.05, 0) is 42.3 Å². The third kappa shape index (κ3) is 3.85. The molecule has 0 saturated carbocycles. The second-order valence-corrected chi connectivity index (χ2v) is 7.12. The summed E-state index contributed by atoms with van der Waals surface area (Å²) in [5, 5.41) is 1.83. The van der Waals surface area contributed by atoms with Gasteiger partial charge in [-0.2, -0.15) is 0 Å². The van der Waals surface area contributed by atoms with Crippen LogP contribution in [0.4, 0.5) is 0 Å². The molecule has 0 bridgehead atoms. The van der Waals surface area contributed by atoms with Crippen molar-refractivity contribution in [3.8, 4) is 11.5 Å². The summed E-state index contributed by atoms with van der Waals surface area (Å²) in [7, 11) is 1.60. The van der Waals surface area contributed by atoms with Crippen LogP contribution < -0.4 is 9.47 Å². The molecule has 1 aliphatic rings. The number of H-pyrrole nitrogens is 1. The van der Waals surface area contributed by atoms with E-state index in [-0.39, 0.29) is 12.5 Å². The van der Waals surface area contributed by atoms with E-state index in [0.717, 1.165) is 27.9 Å². The zero-order chi connectivity index (χ0) is 19.5. The average molecular weight is 397 g/mol. The van der Waals surface area contributed by atoms with E-state index >= 15 is 0 Å². The zero-order valence-corrected chi connectivity index (χ0v) is 16.3. The maximum atomic E-state index is 12.5. The lowest BCUT2D eigenvalue weighted by Gasteiger charge is -2.26. The van der Waals surface area contributed by atoms with Crippen LogP contribution in [0.5, 0.6) is 11.5 Å². The Morgan fingerprint density at radius 2 is 2.07 bits per heavy atom. The second kappa shape index (κ2) is 7.98. The van der Waals surface area contributed by atoms with Crippen LogP contribution in [0.25, 0.3) is 16.5 Å². The molecular formula is C22H21ClN2O3. The fourth-order valence-electron chi connectivity index (χ4n) is 3.43. The van der Waals surface area contributed by atoms with Crippen LogP contribution in [0, 0.1) is 0 Å². The summed E-state index contributed by atoms with van der Waals surface area (Å²) in [6.07, 6.45) is 4.91. The molecule has 0 unspecified atom stereocenters. The first-order valence-corrected chi connectivity index (χ1v) is 9.52. The minimum absolute atomic E-state index is 0.0129. The first-order valence-electron chi connectivity index (χ1n) is 9.15. The van der Waals surface area contributed by atoms with Crippen molar-refractivity contribution < 1.29 is 14.3 Å². The molecule has 28 heavy (non-hydrogen) atoms. The van der Waals surface area contributed by atoms with E-state index in [9.17, 15) is 4.79 Å². The van der Waals surface area contributed by atoms with Crippen LogP contribution in [0.2, 0.25) is 5.02 Å². The molecule has 2 heterocycles. The van der Waals surface area contributed by atoms with Crippen LogP contribution in [0.15, 0.2) is 54.7 Å². The van der Waals surface area contributed by atoms with Crippen LogP contribution in [0.1, 0.15) is 12.0 Å². The van der Waals surface area contributed by atoms with Gasteiger partial charge in [0.05, 0.1) is 7.11 Å². The molecule has 0 spiro atoms. The Morgan fingerprint density at radius 3 is 2.86 bits per heavy atom. The lowest BCUT2D eigenvalue weighted by Crippen LogP contribution is -2.37. The van der Waals surface area contributed by atoms with Crippen molar-refractivity contribution in [3.05, 3.63) is 65.3 Å². The van der Waals surface area contributed by atoms with Gasteiger partial charge in [0.2, 0.25) is 0 Å². The number of methoxy groups -OCH3 is 1. The van der Waals surface area contributed by atoms with Crippen molar-refractivity contribution in [2.75, 3.05) is 26.8 Å². The molecule has 1 N–H and O–H groups in total. The lowest BCUT2D eigenvalue weighted by atomic mass is 9.99. The van der Waals surface area contributed by atoms with E-state index in [2.05, 4.69) is 11.1 Å². The Morgan fingerprint density at radius 1 is 1.21 bits per heavy atom. The molecule has 0 fully saturated rings. The van der Waals surface area contributed by atoms with Crippen LogP contribution in [-0.2, 0) is 4.79 Å². The Kier molecular flexibility index (Phi) is 5.26. The number of carbonyl (C=O) groups excluding carboxylic acids is 1. The molecule has 0 aliphatic carbocycles. The van der Waals surface area contributed by atoms with Crippen LogP contribution in [0.3, 0.4) is 0 Å². The highest BCUT2D eigenvalue weighted by molar-refractivity contribution is 6.31. The fraction of sp³-hybridized carbons (Fsp3) is 0.227. The predicted octanol–water partition coefficient (Wildman–Crippen LogP) is 4.52. The first-order chi connectivity index (χ1) is 13.6. The van der Waals surface area contributed by atoms with E-state index in [1.165, 1.54) is 5.57 Å². The molecule has 1 amide bonds. The molecule has 1 aromatic heterocycles. The maximum absolute atomic E-state index is 12.5. The Bertz CT molecular complexity index is 1040. The highest BCUT2D eigenvalue weighted by atomic mass is 35.5. The van der Waals surface area contributed by atoms with Gasteiger partial charge in [-0.3, -0.25) is 4.79 Å². The summed E-state index contributed by atoms with van der Waals surface area (Å²) in [5.41, 5.74) is 3.44. The number of benzene rings is 2. The van der Waals surface area contributed by atoms with Gasteiger partial charge in [0, 0.05) is 46.8 Å². The van der Waals surface area contributed by atoms with Crippen molar-refractivity contribution in [2.45, 2.75) is 6.42 Å². The van der Waals surface area contributed by atoms with Gasteiger partial charge in [0.15, 0.2) is 6.61 Å². The second-order valence-electron chi connectivity index (χ2n) is 6.68. The molecular weight excluding hydrogens is 376 g/mol.